The Morgan fingerprint density at radius 2 is 1.96 bits per heavy atom. The standard InChI is InChI=1S/C17H14FNO5S/c1-11-6-7-12(8-14(11)19(22)23)15(20)9-24-17(21)10-25-16-5-3-2-4-13(16)18/h2-8H,9-10H2,1H3. The number of halogens is 1. The van der Waals surface area contributed by atoms with Gasteiger partial charge in [-0.15, -0.1) is 11.8 Å². The maximum Gasteiger partial charge on any atom is 0.316 e. The first-order chi connectivity index (χ1) is 11.9. The van der Waals surface area contributed by atoms with Crippen LogP contribution in [0.25, 0.3) is 0 Å². The largest absolute Gasteiger partial charge is 0.457 e. The molecule has 0 N–H and O–H groups in total. The van der Waals surface area contributed by atoms with Crippen LogP contribution < -0.4 is 0 Å². The molecule has 0 aromatic heterocycles. The van der Waals surface area contributed by atoms with Crippen molar-refractivity contribution >= 4 is 29.2 Å². The summed E-state index contributed by atoms with van der Waals surface area (Å²) in [6, 6.07) is 10.0. The van der Waals surface area contributed by atoms with E-state index in [2.05, 4.69) is 0 Å². The van der Waals surface area contributed by atoms with Gasteiger partial charge in [-0.2, -0.15) is 0 Å². The van der Waals surface area contributed by atoms with E-state index in [0.717, 1.165) is 17.8 Å². The fourth-order valence-corrected chi connectivity index (χ4v) is 2.69. The van der Waals surface area contributed by atoms with E-state index in [1.807, 2.05) is 0 Å². The summed E-state index contributed by atoms with van der Waals surface area (Å²) in [6.07, 6.45) is 0. The number of ether oxygens (including phenoxy) is 1. The number of nitro benzene ring substituents is 1. The number of carbonyl (C=O) groups is 2. The predicted octanol–water partition coefficient (Wildman–Crippen LogP) is 3.56. The highest BCUT2D eigenvalue weighted by Crippen LogP contribution is 2.22. The molecule has 0 fully saturated rings. The molecule has 2 rings (SSSR count). The first-order valence-corrected chi connectivity index (χ1v) is 8.18. The van der Waals surface area contributed by atoms with Crippen LogP contribution in [-0.4, -0.2) is 29.0 Å². The number of hydrogen-bond donors (Lipinski definition) is 0. The van der Waals surface area contributed by atoms with Gasteiger partial charge in [-0.25, -0.2) is 4.39 Å². The molecule has 0 saturated heterocycles. The van der Waals surface area contributed by atoms with Crippen molar-refractivity contribution < 1.29 is 23.6 Å². The topological polar surface area (TPSA) is 86.5 Å². The van der Waals surface area contributed by atoms with Gasteiger partial charge in [-0.3, -0.25) is 19.7 Å². The van der Waals surface area contributed by atoms with Crippen LogP contribution in [0.4, 0.5) is 10.1 Å². The number of carbonyl (C=O) groups excluding carboxylic acids is 2. The van der Waals surface area contributed by atoms with E-state index >= 15 is 0 Å². The molecule has 2 aromatic carbocycles. The Hall–Kier alpha value is -2.74. The molecule has 130 valence electrons. The van der Waals surface area contributed by atoms with E-state index in [-0.39, 0.29) is 17.0 Å². The molecule has 0 aliphatic rings. The molecule has 0 aliphatic heterocycles. The lowest BCUT2D eigenvalue weighted by atomic mass is 10.1. The lowest BCUT2D eigenvalue weighted by Gasteiger charge is -2.06. The summed E-state index contributed by atoms with van der Waals surface area (Å²) >= 11 is 0.961. The molecular weight excluding hydrogens is 349 g/mol. The number of esters is 1. The van der Waals surface area contributed by atoms with Crippen LogP contribution in [0, 0.1) is 22.9 Å². The quantitative estimate of drug-likeness (QED) is 0.246. The van der Waals surface area contributed by atoms with Crippen LogP contribution in [0.2, 0.25) is 0 Å². The summed E-state index contributed by atoms with van der Waals surface area (Å²) < 4.78 is 18.3. The summed E-state index contributed by atoms with van der Waals surface area (Å²) in [5, 5.41) is 10.9. The van der Waals surface area contributed by atoms with Crippen molar-refractivity contribution in [3.05, 3.63) is 69.5 Å². The fraction of sp³-hybridized carbons (Fsp3) is 0.176. The van der Waals surface area contributed by atoms with Crippen molar-refractivity contribution in [2.75, 3.05) is 12.4 Å². The molecule has 0 atom stereocenters. The van der Waals surface area contributed by atoms with Gasteiger partial charge in [0.05, 0.1) is 10.7 Å². The highest BCUT2D eigenvalue weighted by atomic mass is 32.2. The SMILES string of the molecule is Cc1ccc(C(=O)COC(=O)CSc2ccccc2F)cc1[N+](=O)[O-]. The van der Waals surface area contributed by atoms with Crippen LogP contribution in [0.1, 0.15) is 15.9 Å². The summed E-state index contributed by atoms with van der Waals surface area (Å²) in [6.45, 7) is 1.03. The van der Waals surface area contributed by atoms with E-state index in [1.165, 1.54) is 30.3 Å². The Balaban J connectivity index is 1.89. The number of nitro groups is 1. The van der Waals surface area contributed by atoms with E-state index < -0.39 is 29.1 Å². The van der Waals surface area contributed by atoms with Crippen LogP contribution >= 0.6 is 11.8 Å². The van der Waals surface area contributed by atoms with Gasteiger partial charge in [0.2, 0.25) is 5.78 Å². The minimum absolute atomic E-state index is 0.0897. The number of Topliss-reactive ketones (excluding diaryl/α,β-unsaturated/α-hetero) is 1. The minimum atomic E-state index is -0.678. The van der Waals surface area contributed by atoms with Crippen molar-refractivity contribution in [2.45, 2.75) is 11.8 Å². The first-order valence-electron chi connectivity index (χ1n) is 7.19. The maximum absolute atomic E-state index is 13.4. The van der Waals surface area contributed by atoms with E-state index in [0.29, 0.717) is 10.5 Å². The molecule has 0 spiro atoms. The van der Waals surface area contributed by atoms with Crippen molar-refractivity contribution in [2.24, 2.45) is 0 Å². The molecule has 0 amide bonds. The number of thioether (sulfide) groups is 1. The molecule has 0 radical (unpaired) electrons. The summed E-state index contributed by atoms with van der Waals surface area (Å²) in [5.74, 6) is -1.82. The van der Waals surface area contributed by atoms with Crippen molar-refractivity contribution in [3.63, 3.8) is 0 Å². The third-order valence-corrected chi connectivity index (χ3v) is 4.30. The molecule has 25 heavy (non-hydrogen) atoms. The van der Waals surface area contributed by atoms with Gasteiger partial charge in [0.1, 0.15) is 5.82 Å². The maximum atomic E-state index is 13.4. The summed E-state index contributed by atoms with van der Waals surface area (Å²) in [7, 11) is 0. The highest BCUT2D eigenvalue weighted by molar-refractivity contribution is 8.00. The first kappa shape index (κ1) is 18.6. The van der Waals surface area contributed by atoms with Crippen LogP contribution in [0.5, 0.6) is 0 Å². The minimum Gasteiger partial charge on any atom is -0.457 e. The predicted molar refractivity (Wildman–Crippen MR) is 90.2 cm³/mol. The Bertz CT molecular complexity index is 824. The number of benzene rings is 2. The molecule has 8 heteroatoms. The fourth-order valence-electron chi connectivity index (χ4n) is 1.95. The Labute approximate surface area is 147 Å². The average molecular weight is 363 g/mol. The van der Waals surface area contributed by atoms with E-state index in [1.54, 1.807) is 13.0 Å². The second-order valence-electron chi connectivity index (χ2n) is 5.06. The third-order valence-electron chi connectivity index (χ3n) is 3.27. The van der Waals surface area contributed by atoms with Crippen LogP contribution in [0.3, 0.4) is 0 Å². The second kappa shape index (κ2) is 8.39. The number of rotatable bonds is 7. The van der Waals surface area contributed by atoms with Gasteiger partial charge in [0.15, 0.2) is 6.61 Å². The van der Waals surface area contributed by atoms with Crippen molar-refractivity contribution in [3.8, 4) is 0 Å². The zero-order valence-corrected chi connectivity index (χ0v) is 14.0. The molecule has 0 bridgehead atoms. The lowest BCUT2D eigenvalue weighted by molar-refractivity contribution is -0.385. The molecular formula is C17H14FNO5S. The van der Waals surface area contributed by atoms with Crippen LogP contribution in [0.15, 0.2) is 47.4 Å². The average Bonchev–Trinajstić information content (AvgIpc) is 2.59. The van der Waals surface area contributed by atoms with Gasteiger partial charge >= 0.3 is 5.97 Å². The summed E-state index contributed by atoms with van der Waals surface area (Å²) in [5.41, 5.74) is 0.346. The van der Waals surface area contributed by atoms with Crippen molar-refractivity contribution in [1.82, 2.24) is 0 Å². The number of hydrogen-bond acceptors (Lipinski definition) is 6. The zero-order valence-electron chi connectivity index (χ0n) is 13.2. The van der Waals surface area contributed by atoms with Gasteiger partial charge in [0.25, 0.3) is 5.69 Å². The van der Waals surface area contributed by atoms with Gasteiger partial charge in [-0.1, -0.05) is 24.3 Å². The Morgan fingerprint density at radius 1 is 1.24 bits per heavy atom. The molecule has 6 nitrogen and oxygen atoms in total. The monoisotopic (exact) mass is 363 g/mol. The third kappa shape index (κ3) is 5.12. The highest BCUT2D eigenvalue weighted by Gasteiger charge is 2.16. The Morgan fingerprint density at radius 3 is 2.64 bits per heavy atom. The molecule has 0 aliphatic carbocycles. The zero-order chi connectivity index (χ0) is 18.4. The van der Waals surface area contributed by atoms with Crippen LogP contribution in [-0.2, 0) is 9.53 Å². The number of ketones is 1. The van der Waals surface area contributed by atoms with E-state index in [9.17, 15) is 24.1 Å². The summed E-state index contributed by atoms with van der Waals surface area (Å²) in [4.78, 5) is 34.3. The number of aryl methyl sites for hydroxylation is 1. The van der Waals surface area contributed by atoms with Gasteiger partial charge in [0, 0.05) is 22.1 Å². The second-order valence-corrected chi connectivity index (χ2v) is 6.08. The van der Waals surface area contributed by atoms with Crippen molar-refractivity contribution in [1.29, 1.82) is 0 Å². The van der Waals surface area contributed by atoms with Gasteiger partial charge < -0.3 is 4.74 Å². The van der Waals surface area contributed by atoms with E-state index in [4.69, 9.17) is 4.74 Å². The number of nitrogens with zero attached hydrogens (tertiary/aromatic N) is 1. The molecule has 2 aromatic rings. The molecule has 0 heterocycles. The van der Waals surface area contributed by atoms with Gasteiger partial charge in [-0.05, 0) is 19.1 Å². The lowest BCUT2D eigenvalue weighted by Crippen LogP contribution is -2.15. The Kier molecular flexibility index (Phi) is 6.24. The molecule has 0 unspecified atom stereocenters. The molecule has 0 saturated carbocycles. The normalized spacial score (nSPS) is 10.3. The smallest absolute Gasteiger partial charge is 0.316 e.